The van der Waals surface area contributed by atoms with Gasteiger partial charge in [0, 0.05) is 19.0 Å². The van der Waals surface area contributed by atoms with E-state index in [0.717, 1.165) is 12.5 Å². The molecule has 0 aromatic heterocycles. The Morgan fingerprint density at radius 2 is 1.69 bits per heavy atom. The molecule has 2 unspecified atom stereocenters. The van der Waals surface area contributed by atoms with E-state index in [9.17, 15) is 0 Å². The molecule has 0 bridgehead atoms. The molecule has 0 radical (unpaired) electrons. The Balaban J connectivity index is 3.40. The van der Waals surface area contributed by atoms with E-state index < -0.39 is 0 Å². The predicted octanol–water partition coefficient (Wildman–Crippen LogP) is 3.39. The van der Waals surface area contributed by atoms with Crippen LogP contribution in [0.1, 0.15) is 40.0 Å². The maximum absolute atomic E-state index is 5.05. The lowest BCUT2D eigenvalue weighted by Crippen LogP contribution is -2.10. The molecule has 2 heteroatoms. The van der Waals surface area contributed by atoms with Gasteiger partial charge in [0.25, 0.3) is 0 Å². The zero-order valence-electron chi connectivity index (χ0n) is 9.42. The lowest BCUT2D eigenvalue weighted by Gasteiger charge is -2.17. The lowest BCUT2D eigenvalue weighted by atomic mass is 9.97. The monoisotopic (exact) mass is 204 g/mol. The molecular formula is C11H24OS. The summed E-state index contributed by atoms with van der Waals surface area (Å²) in [4.78, 5) is 0. The first-order chi connectivity index (χ1) is 6.07. The van der Waals surface area contributed by atoms with E-state index in [1.807, 2.05) is 0 Å². The van der Waals surface area contributed by atoms with Crippen molar-refractivity contribution in [2.45, 2.75) is 45.3 Å². The minimum atomic E-state index is 0.560. The summed E-state index contributed by atoms with van der Waals surface area (Å²) in [5, 5.41) is 0.560. The van der Waals surface area contributed by atoms with Gasteiger partial charge in [0.1, 0.15) is 0 Å². The standard InChI is InChI=1S/C11H24OS/c1-9(2)11(13)6-5-10(3)7-8-12-4/h9-11,13H,5-8H2,1-4H3. The molecule has 0 heterocycles. The minimum absolute atomic E-state index is 0.560. The lowest BCUT2D eigenvalue weighted by molar-refractivity contribution is 0.177. The zero-order valence-corrected chi connectivity index (χ0v) is 10.3. The Labute approximate surface area is 88.7 Å². The fourth-order valence-electron chi connectivity index (χ4n) is 1.25. The van der Waals surface area contributed by atoms with Crippen molar-refractivity contribution in [3.63, 3.8) is 0 Å². The van der Waals surface area contributed by atoms with Crippen LogP contribution in [0.5, 0.6) is 0 Å². The Bertz CT molecular complexity index is 115. The largest absolute Gasteiger partial charge is 0.385 e. The highest BCUT2D eigenvalue weighted by molar-refractivity contribution is 7.81. The Hall–Kier alpha value is 0.310. The molecule has 0 aromatic carbocycles. The smallest absolute Gasteiger partial charge is 0.0464 e. The molecule has 1 nitrogen and oxygen atoms in total. The van der Waals surface area contributed by atoms with Crippen molar-refractivity contribution in [2.24, 2.45) is 11.8 Å². The van der Waals surface area contributed by atoms with Crippen molar-refractivity contribution in [3.05, 3.63) is 0 Å². The molecule has 0 fully saturated rings. The van der Waals surface area contributed by atoms with Crippen molar-refractivity contribution < 1.29 is 4.74 Å². The zero-order chi connectivity index (χ0) is 10.3. The van der Waals surface area contributed by atoms with Crippen molar-refractivity contribution >= 4 is 12.6 Å². The first-order valence-electron chi connectivity index (χ1n) is 5.25. The van der Waals surface area contributed by atoms with E-state index in [1.54, 1.807) is 7.11 Å². The van der Waals surface area contributed by atoms with E-state index in [4.69, 9.17) is 4.74 Å². The van der Waals surface area contributed by atoms with Crippen LogP contribution in [0.3, 0.4) is 0 Å². The van der Waals surface area contributed by atoms with Crippen molar-refractivity contribution in [2.75, 3.05) is 13.7 Å². The summed E-state index contributed by atoms with van der Waals surface area (Å²) < 4.78 is 5.05. The van der Waals surface area contributed by atoms with Gasteiger partial charge in [-0.3, -0.25) is 0 Å². The highest BCUT2D eigenvalue weighted by Crippen LogP contribution is 2.19. The van der Waals surface area contributed by atoms with Gasteiger partial charge in [-0.25, -0.2) is 0 Å². The second kappa shape index (κ2) is 7.69. The first kappa shape index (κ1) is 13.3. The average Bonchev–Trinajstić information content (AvgIpc) is 2.10. The quantitative estimate of drug-likeness (QED) is 0.625. The van der Waals surface area contributed by atoms with Crippen molar-refractivity contribution in [1.29, 1.82) is 0 Å². The summed E-state index contributed by atoms with van der Waals surface area (Å²) in [6.07, 6.45) is 3.68. The SMILES string of the molecule is COCCC(C)CCC(S)C(C)C. The Morgan fingerprint density at radius 3 is 2.15 bits per heavy atom. The van der Waals surface area contributed by atoms with Gasteiger partial charge in [-0.2, -0.15) is 12.6 Å². The molecule has 0 N–H and O–H groups in total. The summed E-state index contributed by atoms with van der Waals surface area (Å²) in [7, 11) is 1.77. The third-order valence-electron chi connectivity index (χ3n) is 2.54. The van der Waals surface area contributed by atoms with Crippen LogP contribution in [0.4, 0.5) is 0 Å². The molecule has 0 saturated heterocycles. The van der Waals surface area contributed by atoms with E-state index in [0.29, 0.717) is 11.2 Å². The topological polar surface area (TPSA) is 9.23 Å². The van der Waals surface area contributed by atoms with E-state index >= 15 is 0 Å². The highest BCUT2D eigenvalue weighted by Gasteiger charge is 2.10. The van der Waals surface area contributed by atoms with E-state index in [-0.39, 0.29) is 0 Å². The number of hydrogen-bond donors (Lipinski definition) is 1. The molecule has 0 rings (SSSR count). The van der Waals surface area contributed by atoms with Crippen LogP contribution in [0, 0.1) is 11.8 Å². The maximum atomic E-state index is 5.05. The number of thiol groups is 1. The summed E-state index contributed by atoms with van der Waals surface area (Å²) in [6, 6.07) is 0. The first-order valence-corrected chi connectivity index (χ1v) is 5.76. The molecule has 2 atom stereocenters. The number of ether oxygens (including phenoxy) is 1. The van der Waals surface area contributed by atoms with E-state index in [1.165, 1.54) is 19.3 Å². The Kier molecular flexibility index (Phi) is 7.87. The summed E-state index contributed by atoms with van der Waals surface area (Å²) in [5.41, 5.74) is 0. The molecule has 0 aliphatic carbocycles. The van der Waals surface area contributed by atoms with Crippen molar-refractivity contribution in [1.82, 2.24) is 0 Å². The molecule has 0 saturated carbocycles. The van der Waals surface area contributed by atoms with Crippen LogP contribution >= 0.6 is 12.6 Å². The third kappa shape index (κ3) is 7.39. The van der Waals surface area contributed by atoms with Gasteiger partial charge in [-0.1, -0.05) is 20.8 Å². The Morgan fingerprint density at radius 1 is 1.08 bits per heavy atom. The average molecular weight is 204 g/mol. The summed E-state index contributed by atoms with van der Waals surface area (Å²) in [5.74, 6) is 1.46. The number of hydrogen-bond acceptors (Lipinski definition) is 2. The number of methoxy groups -OCH3 is 1. The highest BCUT2D eigenvalue weighted by atomic mass is 32.1. The molecule has 0 aliphatic heterocycles. The number of rotatable bonds is 7. The second-order valence-corrected chi connectivity index (χ2v) is 4.94. The van der Waals surface area contributed by atoms with Gasteiger partial charge in [-0.05, 0) is 31.1 Å². The fourth-order valence-corrected chi connectivity index (χ4v) is 1.40. The molecular weight excluding hydrogens is 180 g/mol. The van der Waals surface area contributed by atoms with Crippen LogP contribution in [0.2, 0.25) is 0 Å². The van der Waals surface area contributed by atoms with Gasteiger partial charge < -0.3 is 4.74 Å². The molecule has 80 valence electrons. The van der Waals surface area contributed by atoms with Crippen molar-refractivity contribution in [3.8, 4) is 0 Å². The molecule has 13 heavy (non-hydrogen) atoms. The molecule has 0 aromatic rings. The maximum Gasteiger partial charge on any atom is 0.0464 e. The predicted molar refractivity (Wildman–Crippen MR) is 62.5 cm³/mol. The van der Waals surface area contributed by atoms with Crippen LogP contribution < -0.4 is 0 Å². The van der Waals surface area contributed by atoms with Gasteiger partial charge in [-0.15, -0.1) is 0 Å². The molecule has 0 spiro atoms. The van der Waals surface area contributed by atoms with Gasteiger partial charge in [0.2, 0.25) is 0 Å². The second-order valence-electron chi connectivity index (χ2n) is 4.28. The van der Waals surface area contributed by atoms with Crippen LogP contribution in [0.25, 0.3) is 0 Å². The summed E-state index contributed by atoms with van der Waals surface area (Å²) >= 11 is 4.56. The van der Waals surface area contributed by atoms with Gasteiger partial charge in [0.15, 0.2) is 0 Å². The molecule has 0 amide bonds. The summed E-state index contributed by atoms with van der Waals surface area (Å²) in [6.45, 7) is 7.65. The minimum Gasteiger partial charge on any atom is -0.385 e. The van der Waals surface area contributed by atoms with Gasteiger partial charge >= 0.3 is 0 Å². The van der Waals surface area contributed by atoms with Crippen LogP contribution in [-0.2, 0) is 4.74 Å². The van der Waals surface area contributed by atoms with Crippen LogP contribution in [-0.4, -0.2) is 19.0 Å². The van der Waals surface area contributed by atoms with Crippen LogP contribution in [0.15, 0.2) is 0 Å². The van der Waals surface area contributed by atoms with E-state index in [2.05, 4.69) is 33.4 Å². The normalized spacial score (nSPS) is 16.2. The van der Waals surface area contributed by atoms with Gasteiger partial charge in [0.05, 0.1) is 0 Å². The fraction of sp³-hybridized carbons (Fsp3) is 1.00. The third-order valence-corrected chi connectivity index (χ3v) is 3.39. The molecule has 0 aliphatic rings.